The molecule has 0 amide bonds. The summed E-state index contributed by atoms with van der Waals surface area (Å²) < 4.78 is 28.3. The van der Waals surface area contributed by atoms with Crippen LogP contribution in [0.2, 0.25) is 0 Å². The first-order chi connectivity index (χ1) is 7.91. The van der Waals surface area contributed by atoms with Gasteiger partial charge in [0.25, 0.3) is 0 Å². The molecule has 96 valence electrons. The maximum absolute atomic E-state index is 11.7. The molecule has 0 aromatic rings. The summed E-state index contributed by atoms with van der Waals surface area (Å²) in [6.45, 7) is 3.44. The summed E-state index contributed by atoms with van der Waals surface area (Å²) in [6, 6.07) is 1.95. The monoisotopic (exact) mass is 259 g/mol. The standard InChI is InChI=1S/C11H17NO4S/c1-3-16-10(13)11(8-12)6-5-9(7-11)17(14,15)4-2/h9H,3-7H2,1-2H3/t9-,11+/m0/s1. The molecule has 5 nitrogen and oxygen atoms in total. The van der Waals surface area contributed by atoms with Gasteiger partial charge in [0.15, 0.2) is 15.3 Å². The van der Waals surface area contributed by atoms with Crippen molar-refractivity contribution in [3.8, 4) is 6.07 Å². The van der Waals surface area contributed by atoms with Gasteiger partial charge in [-0.1, -0.05) is 6.92 Å². The Bertz CT molecular complexity index is 437. The number of ether oxygens (including phenoxy) is 1. The fourth-order valence-corrected chi connectivity index (χ4v) is 3.63. The van der Waals surface area contributed by atoms with Crippen molar-refractivity contribution in [2.45, 2.75) is 38.4 Å². The molecule has 0 unspecified atom stereocenters. The zero-order chi connectivity index (χ0) is 13.1. The van der Waals surface area contributed by atoms with E-state index in [1.165, 1.54) is 0 Å². The van der Waals surface area contributed by atoms with Gasteiger partial charge < -0.3 is 4.74 Å². The van der Waals surface area contributed by atoms with Gasteiger partial charge in [0.05, 0.1) is 17.9 Å². The summed E-state index contributed by atoms with van der Waals surface area (Å²) in [5, 5.41) is 8.54. The van der Waals surface area contributed by atoms with Crippen molar-refractivity contribution in [3.05, 3.63) is 0 Å². The lowest BCUT2D eigenvalue weighted by molar-refractivity contribution is -0.151. The lowest BCUT2D eigenvalue weighted by Gasteiger charge is -2.18. The molecule has 0 N–H and O–H groups in total. The topological polar surface area (TPSA) is 84.2 Å². The maximum atomic E-state index is 11.7. The first-order valence-electron chi connectivity index (χ1n) is 5.72. The lowest BCUT2D eigenvalue weighted by Crippen LogP contribution is -2.31. The Labute approximate surface area is 102 Å². The normalized spacial score (nSPS) is 28.6. The average Bonchev–Trinajstić information content (AvgIpc) is 2.75. The second-order valence-corrected chi connectivity index (χ2v) is 6.80. The number of hydrogen-bond donors (Lipinski definition) is 0. The Hall–Kier alpha value is -1.09. The van der Waals surface area contributed by atoms with Crippen molar-refractivity contribution in [3.63, 3.8) is 0 Å². The third kappa shape index (κ3) is 2.60. The van der Waals surface area contributed by atoms with Gasteiger partial charge in [-0.15, -0.1) is 0 Å². The number of carbonyl (C=O) groups excluding carboxylic acids is 1. The molecule has 0 aromatic heterocycles. The van der Waals surface area contributed by atoms with Gasteiger partial charge >= 0.3 is 5.97 Å². The van der Waals surface area contributed by atoms with Crippen LogP contribution >= 0.6 is 0 Å². The van der Waals surface area contributed by atoms with Crippen molar-refractivity contribution in [2.75, 3.05) is 12.4 Å². The van der Waals surface area contributed by atoms with Crippen molar-refractivity contribution in [1.29, 1.82) is 5.26 Å². The maximum Gasteiger partial charge on any atom is 0.326 e. The van der Waals surface area contributed by atoms with Gasteiger partial charge in [-0.2, -0.15) is 5.26 Å². The lowest BCUT2D eigenvalue weighted by atomic mass is 9.88. The fraction of sp³-hybridized carbons (Fsp3) is 0.818. The minimum Gasteiger partial charge on any atom is -0.465 e. The molecule has 2 atom stereocenters. The molecule has 17 heavy (non-hydrogen) atoms. The number of nitriles is 1. The highest BCUT2D eigenvalue weighted by molar-refractivity contribution is 7.92. The van der Waals surface area contributed by atoms with Crippen LogP contribution < -0.4 is 0 Å². The number of carbonyl (C=O) groups is 1. The van der Waals surface area contributed by atoms with Gasteiger partial charge in [0.1, 0.15) is 0 Å². The average molecular weight is 259 g/mol. The van der Waals surface area contributed by atoms with Gasteiger partial charge in [-0.05, 0) is 26.2 Å². The molecule has 1 aliphatic carbocycles. The van der Waals surface area contributed by atoms with Crippen LogP contribution in [-0.4, -0.2) is 32.0 Å². The van der Waals surface area contributed by atoms with E-state index in [1.54, 1.807) is 13.8 Å². The zero-order valence-electron chi connectivity index (χ0n) is 10.1. The molecular weight excluding hydrogens is 242 g/mol. The van der Waals surface area contributed by atoms with Crippen LogP contribution in [0.1, 0.15) is 33.1 Å². The molecule has 0 aliphatic heterocycles. The number of esters is 1. The molecule has 0 aromatic carbocycles. The van der Waals surface area contributed by atoms with Crippen molar-refractivity contribution in [1.82, 2.24) is 0 Å². The van der Waals surface area contributed by atoms with E-state index >= 15 is 0 Å². The Morgan fingerprint density at radius 2 is 2.18 bits per heavy atom. The molecule has 0 spiro atoms. The molecule has 0 bridgehead atoms. The highest BCUT2D eigenvalue weighted by Crippen LogP contribution is 2.41. The van der Waals surface area contributed by atoms with E-state index in [4.69, 9.17) is 10.00 Å². The minimum atomic E-state index is -3.19. The molecule has 1 rings (SSSR count). The highest BCUT2D eigenvalue weighted by Gasteiger charge is 2.50. The van der Waals surface area contributed by atoms with Crippen LogP contribution in [0.3, 0.4) is 0 Å². The molecule has 1 fully saturated rings. The van der Waals surface area contributed by atoms with Gasteiger partial charge in [0.2, 0.25) is 0 Å². The summed E-state index contributed by atoms with van der Waals surface area (Å²) in [7, 11) is -3.19. The van der Waals surface area contributed by atoms with Gasteiger partial charge in [-0.25, -0.2) is 8.42 Å². The van der Waals surface area contributed by atoms with E-state index in [0.717, 1.165) is 0 Å². The van der Waals surface area contributed by atoms with Crippen molar-refractivity contribution >= 4 is 15.8 Å². The number of hydrogen-bond acceptors (Lipinski definition) is 5. The van der Waals surface area contributed by atoms with Crippen molar-refractivity contribution < 1.29 is 17.9 Å². The first kappa shape index (κ1) is 14.0. The second-order valence-electron chi connectivity index (χ2n) is 4.23. The molecular formula is C11H17NO4S. The van der Waals surface area contributed by atoms with Crippen molar-refractivity contribution in [2.24, 2.45) is 5.41 Å². The van der Waals surface area contributed by atoms with Crippen LogP contribution in [0, 0.1) is 16.7 Å². The summed E-state index contributed by atoms with van der Waals surface area (Å²) in [5.74, 6) is -0.543. The SMILES string of the molecule is CCOC(=O)[C@]1(C#N)CC[C@H](S(=O)(=O)CC)C1. The third-order valence-corrected chi connectivity index (χ3v) is 5.48. The predicted octanol–water partition coefficient (Wildman–Crippen LogP) is 1.05. The van der Waals surface area contributed by atoms with Crippen LogP contribution in [0.15, 0.2) is 0 Å². The van der Waals surface area contributed by atoms with E-state index in [1.807, 2.05) is 6.07 Å². The molecule has 1 saturated carbocycles. The molecule has 0 saturated heterocycles. The van der Waals surface area contributed by atoms with Crippen LogP contribution in [0.25, 0.3) is 0 Å². The zero-order valence-corrected chi connectivity index (χ0v) is 10.9. The van der Waals surface area contributed by atoms with E-state index in [0.29, 0.717) is 6.42 Å². The molecule has 0 heterocycles. The van der Waals surface area contributed by atoms with E-state index < -0.39 is 26.5 Å². The highest BCUT2D eigenvalue weighted by atomic mass is 32.2. The molecule has 6 heteroatoms. The van der Waals surface area contributed by atoms with E-state index in [2.05, 4.69) is 0 Å². The largest absolute Gasteiger partial charge is 0.465 e. The van der Waals surface area contributed by atoms with Gasteiger partial charge in [0, 0.05) is 5.75 Å². The summed E-state index contributed by atoms with van der Waals surface area (Å²) in [5.41, 5.74) is -1.26. The number of rotatable bonds is 4. The smallest absolute Gasteiger partial charge is 0.326 e. The Balaban J connectivity index is 2.89. The summed E-state index contributed by atoms with van der Waals surface area (Å²) in [6.07, 6.45) is 0.702. The number of sulfone groups is 1. The predicted molar refractivity (Wildman–Crippen MR) is 61.8 cm³/mol. The Kier molecular flexibility index (Phi) is 4.15. The van der Waals surface area contributed by atoms with E-state index in [9.17, 15) is 13.2 Å². The Morgan fingerprint density at radius 1 is 1.53 bits per heavy atom. The van der Waals surface area contributed by atoms with Crippen LogP contribution in [0.5, 0.6) is 0 Å². The molecule has 0 radical (unpaired) electrons. The number of nitrogens with zero attached hydrogens (tertiary/aromatic N) is 1. The third-order valence-electron chi connectivity index (χ3n) is 3.26. The quantitative estimate of drug-likeness (QED) is 0.704. The van der Waals surface area contributed by atoms with E-state index in [-0.39, 0.29) is 25.2 Å². The minimum absolute atomic E-state index is 0.0437. The Morgan fingerprint density at radius 3 is 2.65 bits per heavy atom. The summed E-state index contributed by atoms with van der Waals surface area (Å²) >= 11 is 0. The molecule has 1 aliphatic rings. The fourth-order valence-electron chi connectivity index (χ4n) is 2.14. The second kappa shape index (κ2) is 5.05. The van der Waals surface area contributed by atoms with Gasteiger partial charge in [-0.3, -0.25) is 4.79 Å². The van der Waals surface area contributed by atoms with Crippen LogP contribution in [-0.2, 0) is 19.4 Å². The first-order valence-corrected chi connectivity index (χ1v) is 7.43. The summed E-state index contributed by atoms with van der Waals surface area (Å²) in [4.78, 5) is 11.7. The van der Waals surface area contributed by atoms with Crippen LogP contribution in [0.4, 0.5) is 0 Å².